The first kappa shape index (κ1) is 14.8. The molecule has 0 aromatic heterocycles. The Morgan fingerprint density at radius 3 is 2.83 bits per heavy atom. The largest absolute Gasteiger partial charge is 0.479 e. The van der Waals surface area contributed by atoms with Crippen LogP contribution in [-0.4, -0.2) is 24.0 Å². The van der Waals surface area contributed by atoms with Crippen LogP contribution in [0, 0.1) is 0 Å². The zero-order valence-corrected chi connectivity index (χ0v) is 13.6. The number of ether oxygens (including phenoxy) is 1. The number of amides is 2. The summed E-state index contributed by atoms with van der Waals surface area (Å²) in [5, 5.41) is 2.78. The van der Waals surface area contributed by atoms with Gasteiger partial charge in [0.1, 0.15) is 5.75 Å². The van der Waals surface area contributed by atoms with E-state index in [1.54, 1.807) is 25.1 Å². The SMILES string of the molecule is CC1Oc2cc(C(=O)N3c4ccccc4CC3C)ccc2NC1=O. The molecule has 5 heteroatoms. The first-order valence-electron chi connectivity index (χ1n) is 8.07. The van der Waals surface area contributed by atoms with E-state index in [0.717, 1.165) is 12.1 Å². The lowest BCUT2D eigenvalue weighted by atomic mass is 10.1. The van der Waals surface area contributed by atoms with Crippen LogP contribution < -0.4 is 15.0 Å². The van der Waals surface area contributed by atoms with Crippen molar-refractivity contribution in [3.8, 4) is 5.75 Å². The molecule has 2 aliphatic rings. The fraction of sp³-hybridized carbons (Fsp3) is 0.263. The molecule has 2 unspecified atom stereocenters. The van der Waals surface area contributed by atoms with E-state index in [2.05, 4.69) is 18.3 Å². The summed E-state index contributed by atoms with van der Waals surface area (Å²) in [5.41, 5.74) is 3.31. The third-order valence-corrected chi connectivity index (χ3v) is 4.59. The second kappa shape index (κ2) is 5.37. The lowest BCUT2D eigenvalue weighted by Gasteiger charge is -2.26. The third-order valence-electron chi connectivity index (χ3n) is 4.59. The van der Waals surface area contributed by atoms with Crippen LogP contribution in [0.3, 0.4) is 0 Å². The number of fused-ring (bicyclic) bond motifs is 2. The first-order valence-corrected chi connectivity index (χ1v) is 8.07. The topological polar surface area (TPSA) is 58.6 Å². The Hall–Kier alpha value is -2.82. The van der Waals surface area contributed by atoms with E-state index in [4.69, 9.17) is 4.74 Å². The maximum Gasteiger partial charge on any atom is 0.265 e. The number of rotatable bonds is 1. The van der Waals surface area contributed by atoms with Crippen LogP contribution in [0.1, 0.15) is 29.8 Å². The van der Waals surface area contributed by atoms with Crippen molar-refractivity contribution >= 4 is 23.2 Å². The van der Waals surface area contributed by atoms with E-state index in [9.17, 15) is 9.59 Å². The molecule has 1 N–H and O–H groups in total. The Morgan fingerprint density at radius 2 is 2.00 bits per heavy atom. The van der Waals surface area contributed by atoms with Gasteiger partial charge in [-0.25, -0.2) is 0 Å². The van der Waals surface area contributed by atoms with Gasteiger partial charge in [-0.2, -0.15) is 0 Å². The maximum atomic E-state index is 13.0. The normalized spacial score (nSPS) is 21.6. The summed E-state index contributed by atoms with van der Waals surface area (Å²) in [6.45, 7) is 3.74. The van der Waals surface area contributed by atoms with Crippen LogP contribution in [-0.2, 0) is 11.2 Å². The molecule has 2 aliphatic heterocycles. The highest BCUT2D eigenvalue weighted by Gasteiger charge is 2.32. The molecule has 2 aromatic rings. The number of para-hydroxylation sites is 1. The zero-order chi connectivity index (χ0) is 16.8. The average molecular weight is 322 g/mol. The van der Waals surface area contributed by atoms with Crippen LogP contribution in [0.25, 0.3) is 0 Å². The summed E-state index contributed by atoms with van der Waals surface area (Å²) in [6, 6.07) is 13.3. The number of hydrogen-bond acceptors (Lipinski definition) is 3. The molecule has 0 spiro atoms. The first-order chi connectivity index (χ1) is 11.5. The predicted molar refractivity (Wildman–Crippen MR) is 91.6 cm³/mol. The summed E-state index contributed by atoms with van der Waals surface area (Å²) in [4.78, 5) is 26.5. The summed E-state index contributed by atoms with van der Waals surface area (Å²) in [6.07, 6.45) is 0.297. The third kappa shape index (κ3) is 2.24. The van der Waals surface area contributed by atoms with Crippen molar-refractivity contribution in [2.24, 2.45) is 0 Å². The maximum absolute atomic E-state index is 13.0. The van der Waals surface area contributed by atoms with Crippen molar-refractivity contribution < 1.29 is 14.3 Å². The Kier molecular flexibility index (Phi) is 3.30. The number of carbonyl (C=O) groups is 2. The Balaban J connectivity index is 1.69. The van der Waals surface area contributed by atoms with E-state index in [-0.39, 0.29) is 17.9 Å². The molecule has 2 aromatic carbocycles. The molecule has 0 saturated carbocycles. The van der Waals surface area contributed by atoms with Crippen LogP contribution >= 0.6 is 0 Å². The Bertz CT molecular complexity index is 846. The minimum absolute atomic E-state index is 0.0524. The minimum Gasteiger partial charge on any atom is -0.479 e. The predicted octanol–water partition coefficient (Wildman–Crippen LogP) is 3.00. The van der Waals surface area contributed by atoms with Gasteiger partial charge in [0.15, 0.2) is 6.10 Å². The molecule has 24 heavy (non-hydrogen) atoms. The Morgan fingerprint density at radius 1 is 1.21 bits per heavy atom. The quantitative estimate of drug-likeness (QED) is 0.878. The van der Waals surface area contributed by atoms with E-state index < -0.39 is 6.10 Å². The van der Waals surface area contributed by atoms with E-state index in [1.807, 2.05) is 23.1 Å². The number of nitrogens with zero attached hydrogens (tertiary/aromatic N) is 1. The molecular weight excluding hydrogens is 304 g/mol. The lowest BCUT2D eigenvalue weighted by Crippen LogP contribution is -2.36. The van der Waals surface area contributed by atoms with Crippen molar-refractivity contribution in [3.63, 3.8) is 0 Å². The lowest BCUT2D eigenvalue weighted by molar-refractivity contribution is -0.122. The van der Waals surface area contributed by atoms with Crippen LogP contribution in [0.2, 0.25) is 0 Å². The van der Waals surface area contributed by atoms with Gasteiger partial charge in [0, 0.05) is 17.3 Å². The molecule has 2 atom stereocenters. The van der Waals surface area contributed by atoms with Gasteiger partial charge in [0.05, 0.1) is 5.69 Å². The van der Waals surface area contributed by atoms with Gasteiger partial charge < -0.3 is 15.0 Å². The van der Waals surface area contributed by atoms with Gasteiger partial charge in [-0.3, -0.25) is 9.59 Å². The van der Waals surface area contributed by atoms with Gasteiger partial charge in [-0.15, -0.1) is 0 Å². The van der Waals surface area contributed by atoms with Gasteiger partial charge in [-0.1, -0.05) is 18.2 Å². The van der Waals surface area contributed by atoms with Gasteiger partial charge in [0.2, 0.25) is 0 Å². The van der Waals surface area contributed by atoms with E-state index in [0.29, 0.717) is 17.0 Å². The number of hydrogen-bond donors (Lipinski definition) is 1. The summed E-state index contributed by atoms with van der Waals surface area (Å²) in [5.74, 6) is 0.306. The van der Waals surface area contributed by atoms with Crippen molar-refractivity contribution in [2.75, 3.05) is 10.2 Å². The molecule has 0 bridgehead atoms. The highest BCUT2D eigenvalue weighted by atomic mass is 16.5. The molecule has 0 fully saturated rings. The molecule has 4 rings (SSSR count). The smallest absolute Gasteiger partial charge is 0.265 e. The number of anilines is 2. The van der Waals surface area contributed by atoms with Crippen molar-refractivity contribution in [1.29, 1.82) is 0 Å². The van der Waals surface area contributed by atoms with Crippen LogP contribution in [0.5, 0.6) is 5.75 Å². The highest BCUT2D eigenvalue weighted by Crippen LogP contribution is 2.35. The molecule has 122 valence electrons. The van der Waals surface area contributed by atoms with E-state index in [1.165, 1.54) is 5.56 Å². The van der Waals surface area contributed by atoms with Gasteiger partial charge in [-0.05, 0) is 50.1 Å². The molecule has 0 radical (unpaired) electrons. The van der Waals surface area contributed by atoms with E-state index >= 15 is 0 Å². The molecule has 0 saturated heterocycles. The summed E-state index contributed by atoms with van der Waals surface area (Å²) >= 11 is 0. The fourth-order valence-corrected chi connectivity index (χ4v) is 3.35. The fourth-order valence-electron chi connectivity index (χ4n) is 3.35. The Labute approximate surface area is 140 Å². The summed E-state index contributed by atoms with van der Waals surface area (Å²) < 4.78 is 5.61. The van der Waals surface area contributed by atoms with Crippen LogP contribution in [0.4, 0.5) is 11.4 Å². The van der Waals surface area contributed by atoms with Crippen LogP contribution in [0.15, 0.2) is 42.5 Å². The number of carbonyl (C=O) groups excluding carboxylic acids is 2. The van der Waals surface area contributed by atoms with Gasteiger partial charge in [0.25, 0.3) is 11.8 Å². The van der Waals surface area contributed by atoms with Gasteiger partial charge >= 0.3 is 0 Å². The van der Waals surface area contributed by atoms with Crippen molar-refractivity contribution in [1.82, 2.24) is 0 Å². The molecule has 2 heterocycles. The molecule has 2 amide bonds. The number of nitrogens with one attached hydrogen (secondary N) is 1. The second-order valence-corrected chi connectivity index (χ2v) is 6.32. The monoisotopic (exact) mass is 322 g/mol. The highest BCUT2D eigenvalue weighted by molar-refractivity contribution is 6.08. The zero-order valence-electron chi connectivity index (χ0n) is 13.6. The molecule has 0 aliphatic carbocycles. The number of benzene rings is 2. The second-order valence-electron chi connectivity index (χ2n) is 6.32. The standard InChI is InChI=1S/C19H18N2O3/c1-11-9-13-5-3-4-6-16(13)21(11)19(23)14-7-8-15-17(10-14)24-12(2)18(22)20-15/h3-8,10-12H,9H2,1-2H3,(H,20,22). The van der Waals surface area contributed by atoms with Crippen molar-refractivity contribution in [2.45, 2.75) is 32.4 Å². The summed E-state index contributed by atoms with van der Waals surface area (Å²) in [7, 11) is 0. The average Bonchev–Trinajstić information content (AvgIpc) is 2.90. The van der Waals surface area contributed by atoms with Crippen molar-refractivity contribution in [3.05, 3.63) is 53.6 Å². The minimum atomic E-state index is -0.561. The molecule has 5 nitrogen and oxygen atoms in total. The molecular formula is C19H18N2O3.